The Morgan fingerprint density at radius 1 is 1.42 bits per heavy atom. The molecule has 19 heavy (non-hydrogen) atoms. The largest absolute Gasteiger partial charge is 0.477 e. The second-order valence-corrected chi connectivity index (χ2v) is 6.14. The fourth-order valence-corrected chi connectivity index (χ4v) is 2.55. The van der Waals surface area contributed by atoms with E-state index in [4.69, 9.17) is 5.11 Å². The maximum absolute atomic E-state index is 10.8. The lowest BCUT2D eigenvalue weighted by Gasteiger charge is -2.34. The summed E-state index contributed by atoms with van der Waals surface area (Å²) < 4.78 is 0. The number of carbonyl (C=O) groups is 1. The van der Waals surface area contributed by atoms with Crippen LogP contribution in [0, 0.1) is 5.41 Å². The number of carboxylic acids is 1. The maximum atomic E-state index is 10.8. The van der Waals surface area contributed by atoms with Crippen molar-refractivity contribution in [1.82, 2.24) is 10.3 Å². The molecule has 0 amide bonds. The van der Waals surface area contributed by atoms with Gasteiger partial charge in [-0.1, -0.05) is 19.9 Å². The molecule has 1 aliphatic carbocycles. The molecule has 1 aliphatic rings. The highest BCUT2D eigenvalue weighted by Gasteiger charge is 2.26. The van der Waals surface area contributed by atoms with E-state index < -0.39 is 5.97 Å². The molecule has 1 fully saturated rings. The van der Waals surface area contributed by atoms with Crippen LogP contribution in [0.1, 0.15) is 55.7 Å². The van der Waals surface area contributed by atoms with Crippen LogP contribution < -0.4 is 5.32 Å². The van der Waals surface area contributed by atoms with E-state index >= 15 is 0 Å². The smallest absolute Gasteiger partial charge is 0.354 e. The number of nitrogens with one attached hydrogen (secondary N) is 1. The van der Waals surface area contributed by atoms with Crippen molar-refractivity contribution in [3.8, 4) is 0 Å². The third kappa shape index (κ3) is 4.03. The predicted molar refractivity (Wildman–Crippen MR) is 74.1 cm³/mol. The van der Waals surface area contributed by atoms with Gasteiger partial charge in [-0.3, -0.25) is 0 Å². The van der Waals surface area contributed by atoms with Crippen molar-refractivity contribution in [3.05, 3.63) is 29.6 Å². The summed E-state index contributed by atoms with van der Waals surface area (Å²) in [6.07, 6.45) is 4.86. The molecule has 0 aliphatic heterocycles. The van der Waals surface area contributed by atoms with Crippen LogP contribution in [0.25, 0.3) is 0 Å². The average Bonchev–Trinajstić information content (AvgIpc) is 2.38. The quantitative estimate of drug-likeness (QED) is 0.876. The Labute approximate surface area is 114 Å². The Balaban J connectivity index is 1.86. The standard InChI is InChI=1S/C15H22N2O2/c1-15(2)8-6-11(7-9-15)16-10-12-4-3-5-13(17-12)14(18)19/h3-5,11,16H,6-10H2,1-2H3,(H,18,19). The molecule has 1 aromatic heterocycles. The lowest BCUT2D eigenvalue weighted by atomic mass is 9.75. The normalized spacial score (nSPS) is 19.3. The summed E-state index contributed by atoms with van der Waals surface area (Å²) in [6.45, 7) is 5.29. The predicted octanol–water partition coefficient (Wildman–Crippen LogP) is 2.84. The van der Waals surface area contributed by atoms with Gasteiger partial charge in [-0.25, -0.2) is 9.78 Å². The SMILES string of the molecule is CC1(C)CCC(NCc2cccc(C(=O)O)n2)CC1. The second kappa shape index (κ2) is 5.70. The third-order valence-corrected chi connectivity index (χ3v) is 3.94. The van der Waals surface area contributed by atoms with Crippen LogP contribution in [-0.4, -0.2) is 22.1 Å². The molecule has 1 saturated carbocycles. The molecule has 2 rings (SSSR count). The van der Waals surface area contributed by atoms with E-state index in [-0.39, 0.29) is 5.69 Å². The number of hydrogen-bond acceptors (Lipinski definition) is 3. The summed E-state index contributed by atoms with van der Waals surface area (Å²) in [5.74, 6) is -0.971. The highest BCUT2D eigenvalue weighted by molar-refractivity contribution is 5.85. The molecule has 4 nitrogen and oxygen atoms in total. The van der Waals surface area contributed by atoms with Crippen LogP contribution in [0.4, 0.5) is 0 Å². The molecule has 4 heteroatoms. The molecule has 0 bridgehead atoms. The minimum Gasteiger partial charge on any atom is -0.477 e. The fourth-order valence-electron chi connectivity index (χ4n) is 2.55. The molecule has 104 valence electrons. The molecule has 0 aromatic carbocycles. The minimum atomic E-state index is -0.971. The summed E-state index contributed by atoms with van der Waals surface area (Å²) in [6, 6.07) is 5.67. The van der Waals surface area contributed by atoms with Gasteiger partial charge in [-0.05, 0) is 43.2 Å². The van der Waals surface area contributed by atoms with Crippen LogP contribution >= 0.6 is 0 Å². The second-order valence-electron chi connectivity index (χ2n) is 6.14. The first-order chi connectivity index (χ1) is 8.96. The third-order valence-electron chi connectivity index (χ3n) is 3.94. The van der Waals surface area contributed by atoms with Gasteiger partial charge < -0.3 is 10.4 Å². The number of rotatable bonds is 4. The molecule has 0 radical (unpaired) electrons. The van der Waals surface area contributed by atoms with Crippen molar-refractivity contribution in [3.63, 3.8) is 0 Å². The van der Waals surface area contributed by atoms with Gasteiger partial charge in [0.15, 0.2) is 0 Å². The Morgan fingerprint density at radius 2 is 2.11 bits per heavy atom. The minimum absolute atomic E-state index is 0.115. The Morgan fingerprint density at radius 3 is 2.74 bits per heavy atom. The summed E-state index contributed by atoms with van der Waals surface area (Å²) >= 11 is 0. The fraction of sp³-hybridized carbons (Fsp3) is 0.600. The average molecular weight is 262 g/mol. The van der Waals surface area contributed by atoms with Gasteiger partial charge in [0.05, 0.1) is 5.69 Å². The van der Waals surface area contributed by atoms with E-state index in [0.29, 0.717) is 18.0 Å². The van der Waals surface area contributed by atoms with Gasteiger partial charge in [-0.2, -0.15) is 0 Å². The molecule has 1 heterocycles. The molecule has 0 atom stereocenters. The topological polar surface area (TPSA) is 62.2 Å². The van der Waals surface area contributed by atoms with Crippen LogP contribution in [0.3, 0.4) is 0 Å². The van der Waals surface area contributed by atoms with E-state index in [1.165, 1.54) is 31.7 Å². The Kier molecular flexibility index (Phi) is 4.20. The number of aromatic nitrogens is 1. The monoisotopic (exact) mass is 262 g/mol. The van der Waals surface area contributed by atoms with Crippen LogP contribution in [0.5, 0.6) is 0 Å². The number of aromatic carboxylic acids is 1. The molecule has 0 saturated heterocycles. The van der Waals surface area contributed by atoms with Crippen molar-refractivity contribution in [2.45, 2.75) is 52.1 Å². The van der Waals surface area contributed by atoms with Gasteiger partial charge in [0, 0.05) is 12.6 Å². The van der Waals surface area contributed by atoms with E-state index in [0.717, 1.165) is 5.69 Å². The summed E-state index contributed by atoms with van der Waals surface area (Å²) in [7, 11) is 0. The van der Waals surface area contributed by atoms with Crippen LogP contribution in [0.15, 0.2) is 18.2 Å². The van der Waals surface area contributed by atoms with Crippen molar-refractivity contribution >= 4 is 5.97 Å². The van der Waals surface area contributed by atoms with Crippen LogP contribution in [-0.2, 0) is 6.54 Å². The molecule has 1 aromatic rings. The first-order valence-electron chi connectivity index (χ1n) is 6.89. The first kappa shape index (κ1) is 14.0. The van der Waals surface area contributed by atoms with E-state index in [1.807, 2.05) is 6.07 Å². The van der Waals surface area contributed by atoms with Gasteiger partial charge in [0.1, 0.15) is 5.69 Å². The van der Waals surface area contributed by atoms with Crippen molar-refractivity contribution in [2.24, 2.45) is 5.41 Å². The molecular formula is C15H22N2O2. The van der Waals surface area contributed by atoms with Gasteiger partial charge >= 0.3 is 5.97 Å². The number of carboxylic acid groups (broad SMARTS) is 1. The van der Waals surface area contributed by atoms with Crippen molar-refractivity contribution in [1.29, 1.82) is 0 Å². The van der Waals surface area contributed by atoms with Gasteiger partial charge in [0.2, 0.25) is 0 Å². The first-order valence-corrected chi connectivity index (χ1v) is 6.89. The summed E-state index contributed by atoms with van der Waals surface area (Å²) in [4.78, 5) is 15.0. The zero-order valence-corrected chi connectivity index (χ0v) is 11.6. The molecule has 2 N–H and O–H groups in total. The highest BCUT2D eigenvalue weighted by atomic mass is 16.4. The summed E-state index contributed by atoms with van der Waals surface area (Å²) in [5.41, 5.74) is 1.38. The van der Waals surface area contributed by atoms with Crippen LogP contribution in [0.2, 0.25) is 0 Å². The van der Waals surface area contributed by atoms with Crippen molar-refractivity contribution < 1.29 is 9.90 Å². The van der Waals surface area contributed by atoms with E-state index in [2.05, 4.69) is 24.1 Å². The number of nitrogens with zero attached hydrogens (tertiary/aromatic N) is 1. The number of pyridine rings is 1. The Bertz CT molecular complexity index is 447. The lowest BCUT2D eigenvalue weighted by Crippen LogP contribution is -2.35. The van der Waals surface area contributed by atoms with E-state index in [9.17, 15) is 4.79 Å². The van der Waals surface area contributed by atoms with Gasteiger partial charge in [-0.15, -0.1) is 0 Å². The molecule has 0 unspecified atom stereocenters. The lowest BCUT2D eigenvalue weighted by molar-refractivity contribution is 0.0690. The highest BCUT2D eigenvalue weighted by Crippen LogP contribution is 2.34. The number of hydrogen-bond donors (Lipinski definition) is 2. The summed E-state index contributed by atoms with van der Waals surface area (Å²) in [5, 5.41) is 12.4. The maximum Gasteiger partial charge on any atom is 0.354 e. The Hall–Kier alpha value is -1.42. The molecular weight excluding hydrogens is 240 g/mol. The van der Waals surface area contributed by atoms with Crippen molar-refractivity contribution in [2.75, 3.05) is 0 Å². The molecule has 0 spiro atoms. The van der Waals surface area contributed by atoms with E-state index in [1.54, 1.807) is 6.07 Å². The van der Waals surface area contributed by atoms with Gasteiger partial charge in [0.25, 0.3) is 0 Å². The zero-order chi connectivity index (χ0) is 13.9. The zero-order valence-electron chi connectivity index (χ0n) is 11.6.